The highest BCUT2D eigenvalue weighted by atomic mass is 35.5. The minimum absolute atomic E-state index is 0.0425. The Morgan fingerprint density at radius 1 is 1.06 bits per heavy atom. The highest BCUT2D eigenvalue weighted by Crippen LogP contribution is 2.43. The van der Waals surface area contributed by atoms with Gasteiger partial charge in [0, 0.05) is 44.0 Å². The van der Waals surface area contributed by atoms with Gasteiger partial charge in [0.15, 0.2) is 0 Å². The molecular weight excluding hydrogens is 426 g/mol. The fourth-order valence-electron chi connectivity index (χ4n) is 4.70. The van der Waals surface area contributed by atoms with Crippen LogP contribution in [0, 0.1) is 0 Å². The third-order valence-corrected chi connectivity index (χ3v) is 6.83. The average Bonchev–Trinajstić information content (AvgIpc) is 3.01. The van der Waals surface area contributed by atoms with Gasteiger partial charge >= 0.3 is 0 Å². The van der Waals surface area contributed by atoms with Crippen LogP contribution >= 0.6 is 11.6 Å². The Morgan fingerprint density at radius 3 is 2.47 bits per heavy atom. The van der Waals surface area contributed by atoms with Crippen molar-refractivity contribution in [2.24, 2.45) is 0 Å². The fourth-order valence-corrected chi connectivity index (χ4v) is 5.02. The molecule has 168 valence electrons. The van der Waals surface area contributed by atoms with Crippen molar-refractivity contribution in [2.45, 2.75) is 31.2 Å². The highest BCUT2D eigenvalue weighted by Gasteiger charge is 2.54. The van der Waals surface area contributed by atoms with Crippen molar-refractivity contribution < 1.29 is 14.4 Å². The molecule has 0 aromatic heterocycles. The molecule has 2 aromatic carbocycles. The molecule has 3 amide bonds. The lowest BCUT2D eigenvalue weighted by Crippen LogP contribution is -2.45. The first-order valence-corrected chi connectivity index (χ1v) is 11.3. The Balaban J connectivity index is 1.64. The van der Waals surface area contributed by atoms with Gasteiger partial charge in [-0.05, 0) is 43.3 Å². The molecule has 0 saturated carbocycles. The van der Waals surface area contributed by atoms with E-state index in [1.54, 1.807) is 29.2 Å². The minimum Gasteiger partial charge on any atom is -0.338 e. The number of fused-ring (bicyclic) bond motifs is 1. The molecule has 4 rings (SSSR count). The number of carbonyl (C=O) groups excluding carboxylic acids is 3. The zero-order valence-electron chi connectivity index (χ0n) is 18.5. The van der Waals surface area contributed by atoms with E-state index in [1.165, 1.54) is 10.5 Å². The first-order chi connectivity index (χ1) is 15.3. The van der Waals surface area contributed by atoms with Gasteiger partial charge in [-0.2, -0.15) is 0 Å². The molecule has 32 heavy (non-hydrogen) atoms. The summed E-state index contributed by atoms with van der Waals surface area (Å²) in [6.07, 6.45) is 0.671. The van der Waals surface area contributed by atoms with Gasteiger partial charge in [-0.15, -0.1) is 0 Å². The van der Waals surface area contributed by atoms with Gasteiger partial charge in [0.1, 0.15) is 0 Å². The number of benzene rings is 2. The lowest BCUT2D eigenvalue weighted by molar-refractivity contribution is -0.143. The summed E-state index contributed by atoms with van der Waals surface area (Å²) in [6, 6.07) is 15.2. The van der Waals surface area contributed by atoms with E-state index in [-0.39, 0.29) is 30.6 Å². The highest BCUT2D eigenvalue weighted by molar-refractivity contribution is 6.32. The molecule has 1 fully saturated rings. The number of hydrogen-bond donors (Lipinski definition) is 0. The smallest absolute Gasteiger partial charge is 0.240 e. The third kappa shape index (κ3) is 4.17. The average molecular weight is 454 g/mol. The maximum absolute atomic E-state index is 13.7. The van der Waals surface area contributed by atoms with E-state index in [1.807, 2.05) is 37.2 Å². The number of rotatable bonds is 6. The predicted molar refractivity (Wildman–Crippen MR) is 123 cm³/mol. The lowest BCUT2D eigenvalue weighted by Gasteiger charge is -2.33. The summed E-state index contributed by atoms with van der Waals surface area (Å²) in [5.74, 6) is -0.716. The van der Waals surface area contributed by atoms with E-state index in [0.29, 0.717) is 36.8 Å². The number of hydrogen-bond acceptors (Lipinski definition) is 4. The molecule has 0 unspecified atom stereocenters. The molecule has 0 N–H and O–H groups in total. The number of nitrogens with zero attached hydrogens (tertiary/aromatic N) is 3. The van der Waals surface area contributed by atoms with Crippen molar-refractivity contribution >= 4 is 29.3 Å². The predicted octanol–water partition coefficient (Wildman–Crippen LogP) is 2.87. The summed E-state index contributed by atoms with van der Waals surface area (Å²) in [5, 5.41) is 0.403. The Morgan fingerprint density at radius 2 is 1.75 bits per heavy atom. The van der Waals surface area contributed by atoms with E-state index in [4.69, 9.17) is 11.6 Å². The SMILES string of the molecule is CN(C)CCN1C(=O)C[C@](CC(=O)N2CCc3ccccc3C2)(c2ccccc2Cl)C1=O. The standard InChI is InChI=1S/C25H28ClN3O3/c1-27(2)13-14-29-23(31)16-25(24(29)32,20-9-5-6-10-21(20)26)15-22(30)28-12-11-18-7-3-4-8-19(18)17-28/h3-10H,11-17H2,1-2H3/t25-/m1/s1. The van der Waals surface area contributed by atoms with E-state index >= 15 is 0 Å². The summed E-state index contributed by atoms with van der Waals surface area (Å²) in [7, 11) is 3.79. The Kier molecular flexibility index (Phi) is 6.35. The molecule has 2 aliphatic heterocycles. The maximum atomic E-state index is 13.7. The Labute approximate surface area is 193 Å². The van der Waals surface area contributed by atoms with Crippen LogP contribution < -0.4 is 0 Å². The van der Waals surface area contributed by atoms with Crippen molar-refractivity contribution in [1.29, 1.82) is 0 Å². The first-order valence-electron chi connectivity index (χ1n) is 10.9. The normalized spacial score (nSPS) is 20.8. The molecule has 1 atom stereocenters. The van der Waals surface area contributed by atoms with Gasteiger partial charge in [0.05, 0.1) is 5.41 Å². The van der Waals surface area contributed by atoms with Gasteiger partial charge in [-0.25, -0.2) is 0 Å². The Bertz CT molecular complexity index is 1050. The molecule has 1 saturated heterocycles. The third-order valence-electron chi connectivity index (χ3n) is 6.51. The molecule has 0 radical (unpaired) electrons. The number of likely N-dealkylation sites (tertiary alicyclic amines) is 1. The second-order valence-electron chi connectivity index (χ2n) is 8.90. The van der Waals surface area contributed by atoms with Crippen LogP contribution in [0.2, 0.25) is 5.02 Å². The van der Waals surface area contributed by atoms with Crippen LogP contribution in [0.3, 0.4) is 0 Å². The van der Waals surface area contributed by atoms with Crippen LogP contribution in [0.25, 0.3) is 0 Å². The van der Waals surface area contributed by atoms with E-state index in [0.717, 1.165) is 12.0 Å². The summed E-state index contributed by atoms with van der Waals surface area (Å²) in [6.45, 7) is 1.97. The molecule has 0 spiro atoms. The summed E-state index contributed by atoms with van der Waals surface area (Å²) in [4.78, 5) is 45.1. The number of likely N-dealkylation sites (N-methyl/N-ethyl adjacent to an activating group) is 1. The van der Waals surface area contributed by atoms with Crippen LogP contribution in [0.1, 0.15) is 29.5 Å². The molecule has 2 heterocycles. The van der Waals surface area contributed by atoms with Crippen molar-refractivity contribution in [3.05, 3.63) is 70.2 Å². The molecule has 0 bridgehead atoms. The quantitative estimate of drug-likeness (QED) is 0.631. The van der Waals surface area contributed by atoms with Gasteiger partial charge in [-0.3, -0.25) is 19.3 Å². The van der Waals surface area contributed by atoms with Crippen LogP contribution in [0.15, 0.2) is 48.5 Å². The van der Waals surface area contributed by atoms with Crippen LogP contribution in [-0.4, -0.2) is 66.2 Å². The zero-order valence-corrected chi connectivity index (χ0v) is 19.3. The summed E-state index contributed by atoms with van der Waals surface area (Å²) >= 11 is 6.50. The number of amides is 3. The summed E-state index contributed by atoms with van der Waals surface area (Å²) in [5.41, 5.74) is 1.66. The monoisotopic (exact) mass is 453 g/mol. The van der Waals surface area contributed by atoms with Crippen LogP contribution in [0.5, 0.6) is 0 Å². The second-order valence-corrected chi connectivity index (χ2v) is 9.31. The molecule has 0 aliphatic carbocycles. The van der Waals surface area contributed by atoms with Crippen molar-refractivity contribution in [1.82, 2.24) is 14.7 Å². The van der Waals surface area contributed by atoms with Crippen LogP contribution in [0.4, 0.5) is 0 Å². The molecule has 2 aliphatic rings. The summed E-state index contributed by atoms with van der Waals surface area (Å²) < 4.78 is 0. The largest absolute Gasteiger partial charge is 0.338 e. The molecule has 7 heteroatoms. The van der Waals surface area contributed by atoms with E-state index in [2.05, 4.69) is 6.07 Å². The first kappa shape index (κ1) is 22.5. The maximum Gasteiger partial charge on any atom is 0.240 e. The molecular formula is C25H28ClN3O3. The topological polar surface area (TPSA) is 60.9 Å². The number of carbonyl (C=O) groups is 3. The van der Waals surface area contributed by atoms with Gasteiger partial charge in [0.2, 0.25) is 17.7 Å². The van der Waals surface area contributed by atoms with E-state index in [9.17, 15) is 14.4 Å². The van der Waals surface area contributed by atoms with Crippen molar-refractivity contribution in [2.75, 3.05) is 33.7 Å². The number of imide groups is 1. The molecule has 6 nitrogen and oxygen atoms in total. The van der Waals surface area contributed by atoms with E-state index < -0.39 is 5.41 Å². The number of halogens is 1. The van der Waals surface area contributed by atoms with Gasteiger partial charge in [0.25, 0.3) is 0 Å². The Hall–Kier alpha value is -2.70. The van der Waals surface area contributed by atoms with Crippen LogP contribution in [-0.2, 0) is 32.8 Å². The van der Waals surface area contributed by atoms with Crippen molar-refractivity contribution in [3.8, 4) is 0 Å². The fraction of sp³-hybridized carbons (Fsp3) is 0.400. The van der Waals surface area contributed by atoms with Gasteiger partial charge < -0.3 is 9.80 Å². The minimum atomic E-state index is -1.27. The zero-order chi connectivity index (χ0) is 22.9. The second kappa shape index (κ2) is 9.04. The van der Waals surface area contributed by atoms with Gasteiger partial charge in [-0.1, -0.05) is 54.1 Å². The lowest BCUT2D eigenvalue weighted by atomic mass is 9.75. The van der Waals surface area contributed by atoms with Crippen molar-refractivity contribution in [3.63, 3.8) is 0 Å². The molecule has 2 aromatic rings.